The van der Waals surface area contributed by atoms with E-state index in [9.17, 15) is 50.7 Å². The summed E-state index contributed by atoms with van der Waals surface area (Å²) in [6.07, 6.45) is -3.60. The molecule has 4 rings (SSSR count). The lowest BCUT2D eigenvalue weighted by atomic mass is 9.84. The second-order valence-electron chi connectivity index (χ2n) is 15.6. The zero-order valence-electron chi connectivity index (χ0n) is 35.4. The summed E-state index contributed by atoms with van der Waals surface area (Å²) in [6, 6.07) is 9.70. The first-order chi connectivity index (χ1) is 29.8. The molecule has 0 aliphatic carbocycles. The number of hydrogen-bond donors (Lipinski definition) is 6. The average molecular weight is 927 g/mol. The number of carboxylic acid groups (broad SMARTS) is 2. The number of benzene rings is 2. The van der Waals surface area contributed by atoms with Crippen LogP contribution in [0.4, 0.5) is 22.0 Å². The van der Waals surface area contributed by atoms with Gasteiger partial charge in [0, 0.05) is 70.0 Å². The standard InChI is InChI=1S/C39H50F2N8O7S.C2HF3O2/c1-23(50)48(34(39(2,3)4)35-46-30(26-18-25(40)10-11-27(26)41)21-47(35)20-24-8-6-5-7-9-24)16-13-28(42)36(53)45-14-12-32(51)44-15-17-49-33(52)19-31(37(49)54)57-22-29(43)38(55)56;3-2(4,5)1(6)7/h5-11,18,21,28-29,31,34H,12-17,19-20,22,42-43H2,1-4H3,(H,44,51)(H,45,53)(H,55,56);(H,6,7)/t28-,29-,31?,34-;/m0./s1. The number of aromatic nitrogens is 2. The lowest BCUT2D eigenvalue weighted by molar-refractivity contribution is -0.192. The molecule has 0 bridgehead atoms. The topological polar surface area (TPSA) is 260 Å². The van der Waals surface area contributed by atoms with Gasteiger partial charge < -0.3 is 41.8 Å². The van der Waals surface area contributed by atoms with Gasteiger partial charge in [0.15, 0.2) is 0 Å². The Morgan fingerprint density at radius 3 is 2.19 bits per heavy atom. The molecule has 3 aromatic rings. The summed E-state index contributed by atoms with van der Waals surface area (Å²) >= 11 is 1.00. The minimum Gasteiger partial charge on any atom is -0.480 e. The molecule has 1 aliphatic rings. The fourth-order valence-corrected chi connectivity index (χ4v) is 7.50. The number of nitrogens with two attached hydrogens (primary N) is 2. The van der Waals surface area contributed by atoms with Gasteiger partial charge in [-0.2, -0.15) is 13.2 Å². The van der Waals surface area contributed by atoms with E-state index in [1.54, 1.807) is 11.1 Å². The summed E-state index contributed by atoms with van der Waals surface area (Å²) in [5.41, 5.74) is 12.2. The van der Waals surface area contributed by atoms with Gasteiger partial charge in [0.1, 0.15) is 23.5 Å². The number of aliphatic carboxylic acids is 2. The van der Waals surface area contributed by atoms with Gasteiger partial charge >= 0.3 is 18.1 Å². The highest BCUT2D eigenvalue weighted by Gasteiger charge is 2.40. The third-order valence-corrected chi connectivity index (χ3v) is 10.9. The molecule has 350 valence electrons. The molecule has 1 unspecified atom stereocenters. The molecule has 1 aromatic heterocycles. The molecule has 0 saturated carbocycles. The Bertz CT molecular complexity index is 2150. The Labute approximate surface area is 369 Å². The van der Waals surface area contributed by atoms with E-state index >= 15 is 0 Å². The maximum Gasteiger partial charge on any atom is 0.490 e. The normalized spacial score (nSPS) is 15.4. The van der Waals surface area contributed by atoms with Gasteiger partial charge in [0.05, 0.1) is 23.0 Å². The summed E-state index contributed by atoms with van der Waals surface area (Å²) in [4.78, 5) is 90.9. The van der Waals surface area contributed by atoms with Crippen LogP contribution in [-0.2, 0) is 40.1 Å². The van der Waals surface area contributed by atoms with Gasteiger partial charge in [0.25, 0.3) is 0 Å². The van der Waals surface area contributed by atoms with Gasteiger partial charge in [-0.3, -0.25) is 33.7 Å². The number of nitrogens with zero attached hydrogens (tertiary/aromatic N) is 4. The number of halogens is 5. The largest absolute Gasteiger partial charge is 0.490 e. The smallest absolute Gasteiger partial charge is 0.480 e. The Kier molecular flexibility index (Phi) is 18.9. The van der Waals surface area contributed by atoms with Crippen LogP contribution in [0.1, 0.15) is 64.4 Å². The van der Waals surface area contributed by atoms with Crippen LogP contribution in [0.5, 0.6) is 0 Å². The fourth-order valence-electron chi connectivity index (χ4n) is 6.39. The molecule has 23 heteroatoms. The van der Waals surface area contributed by atoms with E-state index in [-0.39, 0.29) is 68.4 Å². The maximum absolute atomic E-state index is 15.0. The van der Waals surface area contributed by atoms with Crippen LogP contribution >= 0.6 is 11.8 Å². The van der Waals surface area contributed by atoms with Crippen molar-refractivity contribution < 1.29 is 65.7 Å². The van der Waals surface area contributed by atoms with Gasteiger partial charge in [-0.05, 0) is 35.6 Å². The molecule has 2 heterocycles. The van der Waals surface area contributed by atoms with Crippen LogP contribution < -0.4 is 22.1 Å². The number of likely N-dealkylation sites (tertiary alicyclic amines) is 1. The lowest BCUT2D eigenvalue weighted by Gasteiger charge is -2.40. The molecular formula is C41H51F5N8O9S. The Balaban J connectivity index is 0.00000143. The SMILES string of the molecule is CC(=O)N(CC[C@H](N)C(=O)NCCC(=O)NCCN1C(=O)CC(SC[C@H](N)C(=O)O)C1=O)[C@@H](c1nc(-c2cc(F)ccc2F)cn1Cc1ccccc1)C(C)(C)C.O=C(O)C(F)(F)F. The second kappa shape index (κ2) is 23.1. The minimum atomic E-state index is -5.08. The van der Waals surface area contributed by atoms with Crippen molar-refractivity contribution in [1.29, 1.82) is 0 Å². The van der Waals surface area contributed by atoms with Crippen LogP contribution in [0.15, 0.2) is 54.7 Å². The first-order valence-electron chi connectivity index (χ1n) is 19.7. The van der Waals surface area contributed by atoms with E-state index in [4.69, 9.17) is 31.5 Å². The molecule has 17 nitrogen and oxygen atoms in total. The van der Waals surface area contributed by atoms with Gasteiger partial charge in [-0.25, -0.2) is 18.6 Å². The van der Waals surface area contributed by atoms with Crippen LogP contribution in [-0.4, -0.2) is 126 Å². The quantitative estimate of drug-likeness (QED) is 0.0748. The van der Waals surface area contributed by atoms with Gasteiger partial charge in [-0.15, -0.1) is 11.8 Å². The Morgan fingerprint density at radius 1 is 0.969 bits per heavy atom. The van der Waals surface area contributed by atoms with Crippen molar-refractivity contribution in [1.82, 2.24) is 30.0 Å². The van der Waals surface area contributed by atoms with Crippen LogP contribution in [0.2, 0.25) is 0 Å². The highest BCUT2D eigenvalue weighted by atomic mass is 32.2. The van der Waals surface area contributed by atoms with Crippen molar-refractivity contribution in [3.8, 4) is 11.3 Å². The van der Waals surface area contributed by atoms with Crippen LogP contribution in [0, 0.1) is 17.0 Å². The molecule has 5 amide bonds. The molecule has 8 N–H and O–H groups in total. The highest BCUT2D eigenvalue weighted by molar-refractivity contribution is 8.00. The summed E-state index contributed by atoms with van der Waals surface area (Å²) in [5, 5.41) is 20.5. The number of carbonyl (C=O) groups excluding carboxylic acids is 5. The molecule has 64 heavy (non-hydrogen) atoms. The third-order valence-electron chi connectivity index (χ3n) is 9.55. The molecule has 0 spiro atoms. The Morgan fingerprint density at radius 2 is 1.61 bits per heavy atom. The second-order valence-corrected chi connectivity index (χ2v) is 16.9. The minimum absolute atomic E-state index is 0.0200. The van der Waals surface area contributed by atoms with Crippen molar-refractivity contribution in [3.63, 3.8) is 0 Å². The number of amides is 5. The van der Waals surface area contributed by atoms with E-state index in [0.717, 1.165) is 40.4 Å². The number of hydrogen-bond acceptors (Lipinski definition) is 11. The van der Waals surface area contributed by atoms with Crippen molar-refractivity contribution in [2.24, 2.45) is 16.9 Å². The van der Waals surface area contributed by atoms with Crippen molar-refractivity contribution >= 4 is 53.2 Å². The molecule has 1 saturated heterocycles. The summed E-state index contributed by atoms with van der Waals surface area (Å²) in [6.45, 7) is 7.40. The van der Waals surface area contributed by atoms with Crippen molar-refractivity contribution in [3.05, 3.63) is 77.8 Å². The number of nitrogens with one attached hydrogen (secondary N) is 2. The van der Waals surface area contributed by atoms with E-state index < -0.39 is 82.2 Å². The maximum atomic E-state index is 15.0. The first kappa shape index (κ1) is 52.4. The van der Waals surface area contributed by atoms with Crippen LogP contribution in [0.25, 0.3) is 11.3 Å². The third kappa shape index (κ3) is 15.4. The Hall–Kier alpha value is -5.94. The number of rotatable bonds is 19. The zero-order valence-corrected chi connectivity index (χ0v) is 36.2. The molecule has 2 aromatic carbocycles. The summed E-state index contributed by atoms with van der Waals surface area (Å²) in [5.74, 6) is -7.07. The summed E-state index contributed by atoms with van der Waals surface area (Å²) in [7, 11) is 0. The molecule has 1 aliphatic heterocycles. The fraction of sp³-hybridized carbons (Fsp3) is 0.463. The van der Waals surface area contributed by atoms with E-state index in [0.29, 0.717) is 12.4 Å². The number of imide groups is 1. The predicted molar refractivity (Wildman–Crippen MR) is 223 cm³/mol. The molecular weight excluding hydrogens is 876 g/mol. The number of carboxylic acids is 2. The molecule has 4 atom stereocenters. The lowest BCUT2D eigenvalue weighted by Crippen LogP contribution is -2.47. The number of thioether (sulfide) groups is 1. The van der Waals surface area contributed by atoms with Crippen molar-refractivity contribution in [2.45, 2.75) is 83.1 Å². The van der Waals surface area contributed by atoms with E-state index in [1.807, 2.05) is 55.7 Å². The van der Waals surface area contributed by atoms with E-state index in [2.05, 4.69) is 10.6 Å². The van der Waals surface area contributed by atoms with Gasteiger partial charge in [-0.1, -0.05) is 51.1 Å². The average Bonchev–Trinajstić information content (AvgIpc) is 3.73. The first-order valence-corrected chi connectivity index (χ1v) is 20.7. The zero-order chi connectivity index (χ0) is 48.1. The monoisotopic (exact) mass is 926 g/mol. The predicted octanol–water partition coefficient (Wildman–Crippen LogP) is 3.06. The highest BCUT2D eigenvalue weighted by Crippen LogP contribution is 2.39. The van der Waals surface area contributed by atoms with Gasteiger partial charge in [0.2, 0.25) is 29.5 Å². The summed E-state index contributed by atoms with van der Waals surface area (Å²) < 4.78 is 62.8. The van der Waals surface area contributed by atoms with E-state index in [1.165, 1.54) is 6.92 Å². The number of alkyl halides is 3. The van der Waals surface area contributed by atoms with Crippen LogP contribution in [0.3, 0.4) is 0 Å². The van der Waals surface area contributed by atoms with Crippen molar-refractivity contribution in [2.75, 3.05) is 31.9 Å². The number of carbonyl (C=O) groups is 7. The number of imidazole rings is 1. The molecule has 0 radical (unpaired) electrons. The molecule has 1 fully saturated rings.